The van der Waals surface area contributed by atoms with Gasteiger partial charge in [0.15, 0.2) is 0 Å². The highest BCUT2D eigenvalue weighted by atomic mass is 16.4. The fourth-order valence-electron chi connectivity index (χ4n) is 1.28. The van der Waals surface area contributed by atoms with E-state index in [1.807, 2.05) is 13.8 Å². The third-order valence-electron chi connectivity index (χ3n) is 2.35. The van der Waals surface area contributed by atoms with Gasteiger partial charge in [0.1, 0.15) is 5.76 Å². The van der Waals surface area contributed by atoms with Crippen molar-refractivity contribution in [1.29, 1.82) is 0 Å². The molecule has 3 N–H and O–H groups in total. The van der Waals surface area contributed by atoms with Gasteiger partial charge in [0, 0.05) is 12.1 Å². The minimum absolute atomic E-state index is 0.0586. The summed E-state index contributed by atoms with van der Waals surface area (Å²) in [6.07, 6.45) is 0.625. The summed E-state index contributed by atoms with van der Waals surface area (Å²) in [5, 5.41) is 20.7. The van der Waals surface area contributed by atoms with E-state index in [9.17, 15) is 4.79 Å². The Hall–Kier alpha value is -1.33. The maximum atomic E-state index is 10.6. The third-order valence-corrected chi connectivity index (χ3v) is 2.35. The fraction of sp³-hybridized carbons (Fsp3) is 0.545. The number of aliphatic hydroxyl groups is 1. The largest absolute Gasteiger partial charge is 0.475 e. The van der Waals surface area contributed by atoms with Gasteiger partial charge in [-0.2, -0.15) is 0 Å². The quantitative estimate of drug-likeness (QED) is 0.680. The van der Waals surface area contributed by atoms with E-state index >= 15 is 0 Å². The van der Waals surface area contributed by atoms with Crippen LogP contribution in [0.5, 0.6) is 0 Å². The lowest BCUT2D eigenvalue weighted by molar-refractivity contribution is 0.0660. The van der Waals surface area contributed by atoms with Gasteiger partial charge in [0.25, 0.3) is 0 Å². The predicted octanol–water partition coefficient (Wildman–Crippen LogP) is 1.23. The Morgan fingerprint density at radius 2 is 2.19 bits per heavy atom. The van der Waals surface area contributed by atoms with Gasteiger partial charge in [-0.25, -0.2) is 4.79 Å². The number of rotatable bonds is 6. The normalized spacial score (nSPS) is 11.7. The molecule has 1 aromatic heterocycles. The van der Waals surface area contributed by atoms with Crippen molar-refractivity contribution in [3.8, 4) is 0 Å². The topological polar surface area (TPSA) is 82.7 Å². The van der Waals surface area contributed by atoms with E-state index in [0.29, 0.717) is 18.7 Å². The molecule has 1 aromatic rings. The molecule has 0 unspecified atom stereocenters. The Labute approximate surface area is 94.1 Å². The first-order valence-electron chi connectivity index (χ1n) is 5.12. The molecule has 0 aliphatic rings. The summed E-state index contributed by atoms with van der Waals surface area (Å²) in [5.74, 6) is -0.555. The summed E-state index contributed by atoms with van der Waals surface area (Å²) in [5.41, 5.74) is -0.203. The van der Waals surface area contributed by atoms with Crippen LogP contribution in [-0.2, 0) is 6.54 Å². The van der Waals surface area contributed by atoms with Crippen molar-refractivity contribution in [2.75, 3.05) is 6.61 Å². The Balaban J connectivity index is 2.51. The molecule has 0 amide bonds. The summed E-state index contributed by atoms with van der Waals surface area (Å²) in [7, 11) is 0. The van der Waals surface area contributed by atoms with E-state index < -0.39 is 5.97 Å². The molecular formula is C11H17NO4. The van der Waals surface area contributed by atoms with Gasteiger partial charge in [-0.05, 0) is 32.4 Å². The lowest BCUT2D eigenvalue weighted by Gasteiger charge is -2.24. The van der Waals surface area contributed by atoms with Crippen LogP contribution in [0, 0.1) is 0 Å². The van der Waals surface area contributed by atoms with Crippen molar-refractivity contribution in [1.82, 2.24) is 5.32 Å². The second kappa shape index (κ2) is 5.14. The average molecular weight is 227 g/mol. The zero-order valence-electron chi connectivity index (χ0n) is 9.49. The van der Waals surface area contributed by atoms with Crippen molar-refractivity contribution in [2.24, 2.45) is 0 Å². The molecule has 0 saturated carbocycles. The minimum atomic E-state index is -1.07. The van der Waals surface area contributed by atoms with Gasteiger partial charge in [-0.15, -0.1) is 0 Å². The number of carboxylic acid groups (broad SMARTS) is 1. The van der Waals surface area contributed by atoms with Gasteiger partial charge >= 0.3 is 5.97 Å². The Kier molecular flexibility index (Phi) is 4.09. The molecule has 0 radical (unpaired) electrons. The smallest absolute Gasteiger partial charge is 0.371 e. The van der Waals surface area contributed by atoms with Crippen LogP contribution in [-0.4, -0.2) is 28.3 Å². The summed E-state index contributed by atoms with van der Waals surface area (Å²) in [4.78, 5) is 10.6. The van der Waals surface area contributed by atoms with Crippen molar-refractivity contribution < 1.29 is 19.4 Å². The molecule has 0 bridgehead atoms. The molecule has 16 heavy (non-hydrogen) atoms. The van der Waals surface area contributed by atoms with E-state index in [0.717, 1.165) is 0 Å². The second-order valence-corrected chi connectivity index (χ2v) is 4.28. The standard InChI is InChI=1S/C11H17NO4/c1-11(2,5-6-13)12-7-8-3-4-9(16-8)10(14)15/h3-4,12-13H,5-7H2,1-2H3,(H,14,15). The minimum Gasteiger partial charge on any atom is -0.475 e. The van der Waals surface area contributed by atoms with Crippen LogP contribution < -0.4 is 5.32 Å². The molecule has 1 rings (SSSR count). The Bertz CT molecular complexity index is 357. The van der Waals surface area contributed by atoms with Gasteiger partial charge < -0.3 is 19.9 Å². The van der Waals surface area contributed by atoms with Crippen molar-refractivity contribution in [2.45, 2.75) is 32.4 Å². The van der Waals surface area contributed by atoms with E-state index in [1.165, 1.54) is 6.07 Å². The molecule has 5 nitrogen and oxygen atoms in total. The first-order chi connectivity index (χ1) is 7.44. The molecule has 0 aliphatic heterocycles. The number of aromatic carboxylic acids is 1. The lowest BCUT2D eigenvalue weighted by atomic mass is 10.0. The maximum absolute atomic E-state index is 10.6. The van der Waals surface area contributed by atoms with Crippen LogP contribution in [0.3, 0.4) is 0 Å². The number of carbonyl (C=O) groups is 1. The number of furan rings is 1. The molecule has 0 aliphatic carbocycles. The molecule has 90 valence electrons. The third kappa shape index (κ3) is 3.67. The fourth-order valence-corrected chi connectivity index (χ4v) is 1.28. The van der Waals surface area contributed by atoms with Crippen LogP contribution in [0.1, 0.15) is 36.6 Å². The van der Waals surface area contributed by atoms with Crippen LogP contribution in [0.4, 0.5) is 0 Å². The molecule has 0 atom stereocenters. The van der Waals surface area contributed by atoms with Crippen LogP contribution >= 0.6 is 0 Å². The van der Waals surface area contributed by atoms with E-state index in [-0.39, 0.29) is 17.9 Å². The number of hydrogen-bond donors (Lipinski definition) is 3. The zero-order valence-corrected chi connectivity index (χ0v) is 9.49. The molecule has 0 aromatic carbocycles. The summed E-state index contributed by atoms with van der Waals surface area (Å²) >= 11 is 0. The Morgan fingerprint density at radius 1 is 1.50 bits per heavy atom. The summed E-state index contributed by atoms with van der Waals surface area (Å²) in [6, 6.07) is 3.06. The van der Waals surface area contributed by atoms with E-state index in [4.69, 9.17) is 14.6 Å². The van der Waals surface area contributed by atoms with Gasteiger partial charge in [0.2, 0.25) is 5.76 Å². The van der Waals surface area contributed by atoms with Crippen LogP contribution in [0.15, 0.2) is 16.5 Å². The second-order valence-electron chi connectivity index (χ2n) is 4.28. The lowest BCUT2D eigenvalue weighted by Crippen LogP contribution is -2.39. The van der Waals surface area contributed by atoms with Crippen molar-refractivity contribution in [3.63, 3.8) is 0 Å². The predicted molar refractivity (Wildman–Crippen MR) is 58.3 cm³/mol. The van der Waals surface area contributed by atoms with Crippen LogP contribution in [0.2, 0.25) is 0 Å². The van der Waals surface area contributed by atoms with Gasteiger partial charge in [-0.1, -0.05) is 0 Å². The highest BCUT2D eigenvalue weighted by Crippen LogP contribution is 2.12. The van der Waals surface area contributed by atoms with E-state index in [1.54, 1.807) is 6.07 Å². The summed E-state index contributed by atoms with van der Waals surface area (Å²) < 4.78 is 5.09. The first kappa shape index (κ1) is 12.7. The maximum Gasteiger partial charge on any atom is 0.371 e. The van der Waals surface area contributed by atoms with Crippen molar-refractivity contribution >= 4 is 5.97 Å². The van der Waals surface area contributed by atoms with Gasteiger partial charge in [0.05, 0.1) is 6.54 Å². The van der Waals surface area contributed by atoms with Gasteiger partial charge in [-0.3, -0.25) is 0 Å². The Morgan fingerprint density at radius 3 is 2.69 bits per heavy atom. The molecule has 0 spiro atoms. The van der Waals surface area contributed by atoms with Crippen molar-refractivity contribution in [3.05, 3.63) is 23.7 Å². The molecule has 0 saturated heterocycles. The van der Waals surface area contributed by atoms with Crippen LogP contribution in [0.25, 0.3) is 0 Å². The highest BCUT2D eigenvalue weighted by molar-refractivity contribution is 5.84. The first-order valence-corrected chi connectivity index (χ1v) is 5.12. The number of nitrogens with one attached hydrogen (secondary N) is 1. The highest BCUT2D eigenvalue weighted by Gasteiger charge is 2.17. The molecule has 1 heterocycles. The SMILES string of the molecule is CC(C)(CCO)NCc1ccc(C(=O)O)o1. The molecule has 5 heteroatoms. The number of aliphatic hydroxyl groups excluding tert-OH is 1. The number of carboxylic acids is 1. The number of hydrogen-bond acceptors (Lipinski definition) is 4. The molecule has 0 fully saturated rings. The summed E-state index contributed by atoms with van der Waals surface area (Å²) in [6.45, 7) is 4.48. The molecular weight excluding hydrogens is 210 g/mol. The monoisotopic (exact) mass is 227 g/mol. The van der Waals surface area contributed by atoms with E-state index in [2.05, 4.69) is 5.32 Å². The average Bonchev–Trinajstić information content (AvgIpc) is 2.63. The zero-order chi connectivity index (χ0) is 12.2.